The summed E-state index contributed by atoms with van der Waals surface area (Å²) in [7, 11) is 0. The number of carbonyl (C=O) groups excluding carboxylic acids is 1. The van der Waals surface area contributed by atoms with Crippen LogP contribution in [-0.4, -0.2) is 42.4 Å². The minimum absolute atomic E-state index is 0.163. The number of benzene rings is 2. The molecule has 3 rings (SSSR count). The largest absolute Gasteiger partial charge is 0.486 e. The number of rotatable bonds is 6. The second-order valence-electron chi connectivity index (χ2n) is 5.74. The second-order valence-corrected chi connectivity index (χ2v) is 6.81. The van der Waals surface area contributed by atoms with Gasteiger partial charge in [-0.1, -0.05) is 23.9 Å². The monoisotopic (exact) mass is 379 g/mol. The molecule has 4 nitrogen and oxygen atoms in total. The molecule has 0 spiro atoms. The SMILES string of the molecule is CCN(CC1COc2ccccc2O1)C(=O)c1ccc(SC(F)F)cc1. The molecule has 0 bridgehead atoms. The zero-order valence-corrected chi connectivity index (χ0v) is 15.0. The number of nitrogens with zero attached hydrogens (tertiary/aromatic N) is 1. The van der Waals surface area contributed by atoms with Crippen LogP contribution in [0.2, 0.25) is 0 Å². The maximum Gasteiger partial charge on any atom is 0.288 e. The molecule has 0 radical (unpaired) electrons. The van der Waals surface area contributed by atoms with Crippen molar-refractivity contribution in [3.63, 3.8) is 0 Å². The summed E-state index contributed by atoms with van der Waals surface area (Å²) in [6, 6.07) is 13.6. The van der Waals surface area contributed by atoms with Crippen molar-refractivity contribution in [1.82, 2.24) is 4.90 Å². The molecule has 1 heterocycles. The van der Waals surface area contributed by atoms with Crippen LogP contribution < -0.4 is 9.47 Å². The fraction of sp³-hybridized carbons (Fsp3) is 0.316. The van der Waals surface area contributed by atoms with Crippen LogP contribution >= 0.6 is 11.8 Å². The van der Waals surface area contributed by atoms with Gasteiger partial charge < -0.3 is 14.4 Å². The Morgan fingerprint density at radius 2 is 1.88 bits per heavy atom. The molecule has 0 saturated carbocycles. The van der Waals surface area contributed by atoms with Crippen molar-refractivity contribution >= 4 is 17.7 Å². The number of carbonyl (C=O) groups is 1. The fourth-order valence-electron chi connectivity index (χ4n) is 2.72. The molecule has 7 heteroatoms. The van der Waals surface area contributed by atoms with Crippen molar-refractivity contribution in [1.29, 1.82) is 0 Å². The molecule has 2 aromatic carbocycles. The van der Waals surface area contributed by atoms with E-state index in [1.807, 2.05) is 31.2 Å². The van der Waals surface area contributed by atoms with Crippen LogP contribution in [0.3, 0.4) is 0 Å². The molecular formula is C19H19F2NO3S. The Kier molecular flexibility index (Phi) is 5.98. The van der Waals surface area contributed by atoms with Crippen molar-refractivity contribution in [2.24, 2.45) is 0 Å². The average Bonchev–Trinajstić information content (AvgIpc) is 2.65. The average molecular weight is 379 g/mol. The van der Waals surface area contributed by atoms with Crippen LogP contribution in [0.4, 0.5) is 8.78 Å². The van der Waals surface area contributed by atoms with Gasteiger partial charge in [0, 0.05) is 17.0 Å². The maximum absolute atomic E-state index is 12.7. The predicted molar refractivity (Wildman–Crippen MR) is 96.2 cm³/mol. The van der Waals surface area contributed by atoms with Gasteiger partial charge in [-0.15, -0.1) is 0 Å². The minimum Gasteiger partial charge on any atom is -0.486 e. The number of alkyl halides is 2. The Bertz CT molecular complexity index is 755. The number of hydrogen-bond acceptors (Lipinski definition) is 4. The van der Waals surface area contributed by atoms with Crippen LogP contribution in [0, 0.1) is 0 Å². The lowest BCUT2D eigenvalue weighted by molar-refractivity contribution is 0.0475. The number of halogens is 2. The Labute approximate surface area is 155 Å². The lowest BCUT2D eigenvalue weighted by atomic mass is 10.2. The van der Waals surface area contributed by atoms with E-state index < -0.39 is 5.76 Å². The molecule has 1 amide bonds. The number of hydrogen-bond donors (Lipinski definition) is 0. The topological polar surface area (TPSA) is 38.8 Å². The lowest BCUT2D eigenvalue weighted by Crippen LogP contribution is -2.43. The molecule has 0 aromatic heterocycles. The number of thioether (sulfide) groups is 1. The molecule has 26 heavy (non-hydrogen) atoms. The first-order valence-electron chi connectivity index (χ1n) is 8.29. The van der Waals surface area contributed by atoms with E-state index in [0.29, 0.717) is 53.4 Å². The minimum atomic E-state index is -2.48. The van der Waals surface area contributed by atoms with Gasteiger partial charge in [-0.25, -0.2) is 0 Å². The smallest absolute Gasteiger partial charge is 0.288 e. The predicted octanol–water partition coefficient (Wildman–Crippen LogP) is 4.30. The first-order valence-corrected chi connectivity index (χ1v) is 9.17. The molecular weight excluding hydrogens is 360 g/mol. The van der Waals surface area contributed by atoms with Crippen LogP contribution in [0.5, 0.6) is 11.5 Å². The molecule has 1 aliphatic rings. The van der Waals surface area contributed by atoms with Gasteiger partial charge in [0.2, 0.25) is 0 Å². The Morgan fingerprint density at radius 1 is 1.19 bits per heavy atom. The third kappa shape index (κ3) is 4.46. The van der Waals surface area contributed by atoms with Crippen molar-refractivity contribution in [2.75, 3.05) is 19.7 Å². The molecule has 0 saturated heterocycles. The molecule has 138 valence electrons. The summed E-state index contributed by atoms with van der Waals surface area (Å²) in [4.78, 5) is 14.8. The maximum atomic E-state index is 12.7. The summed E-state index contributed by atoms with van der Waals surface area (Å²) in [6.07, 6.45) is -0.262. The van der Waals surface area contributed by atoms with Crippen molar-refractivity contribution in [3.05, 3.63) is 54.1 Å². The van der Waals surface area contributed by atoms with Crippen LogP contribution in [0.1, 0.15) is 17.3 Å². The fourth-order valence-corrected chi connectivity index (χ4v) is 3.21. The third-order valence-electron chi connectivity index (χ3n) is 3.99. The van der Waals surface area contributed by atoms with E-state index in [-0.39, 0.29) is 12.0 Å². The lowest BCUT2D eigenvalue weighted by Gasteiger charge is -2.31. The molecule has 2 aromatic rings. The number of amides is 1. The van der Waals surface area contributed by atoms with Crippen LogP contribution in [0.15, 0.2) is 53.4 Å². The second kappa shape index (κ2) is 8.40. The first kappa shape index (κ1) is 18.5. The highest BCUT2D eigenvalue weighted by Gasteiger charge is 2.25. The van der Waals surface area contributed by atoms with Gasteiger partial charge in [0.1, 0.15) is 6.61 Å². The van der Waals surface area contributed by atoms with Crippen molar-refractivity contribution in [3.8, 4) is 11.5 Å². The normalized spacial score (nSPS) is 15.8. The Hall–Kier alpha value is -2.28. The molecule has 0 fully saturated rings. The highest BCUT2D eigenvalue weighted by Crippen LogP contribution is 2.31. The number of fused-ring (bicyclic) bond motifs is 1. The Balaban J connectivity index is 1.64. The summed E-state index contributed by atoms with van der Waals surface area (Å²) in [5.74, 6) is -1.27. The van der Waals surface area contributed by atoms with E-state index in [0.717, 1.165) is 0 Å². The summed E-state index contributed by atoms with van der Waals surface area (Å²) in [5.41, 5.74) is 0.461. The highest BCUT2D eigenvalue weighted by molar-refractivity contribution is 7.99. The van der Waals surface area contributed by atoms with E-state index in [9.17, 15) is 13.6 Å². The van der Waals surface area contributed by atoms with Crippen LogP contribution in [0.25, 0.3) is 0 Å². The van der Waals surface area contributed by atoms with E-state index in [2.05, 4.69) is 0 Å². The summed E-state index contributed by atoms with van der Waals surface area (Å²) in [6.45, 7) is 3.15. The zero-order valence-electron chi connectivity index (χ0n) is 14.2. The third-order valence-corrected chi connectivity index (χ3v) is 4.71. The number of para-hydroxylation sites is 2. The molecule has 0 N–H and O–H groups in total. The number of ether oxygens (including phenoxy) is 2. The number of likely N-dealkylation sites (N-methyl/N-ethyl adjacent to an activating group) is 1. The Morgan fingerprint density at radius 3 is 2.54 bits per heavy atom. The van der Waals surface area contributed by atoms with Gasteiger partial charge in [-0.3, -0.25) is 4.79 Å². The zero-order chi connectivity index (χ0) is 18.5. The van der Waals surface area contributed by atoms with Gasteiger partial charge in [0.25, 0.3) is 11.7 Å². The summed E-state index contributed by atoms with van der Waals surface area (Å²) in [5, 5.41) is 0. The van der Waals surface area contributed by atoms with Gasteiger partial charge in [0.05, 0.1) is 6.54 Å². The first-order chi connectivity index (χ1) is 12.6. The standard InChI is InChI=1S/C19H19F2NO3S/c1-2-22(11-14-12-24-16-5-3-4-6-17(16)25-14)18(23)13-7-9-15(10-8-13)26-19(20)21/h3-10,14,19H,2,11-12H2,1H3. The van der Waals surface area contributed by atoms with Gasteiger partial charge in [0.15, 0.2) is 17.6 Å². The quantitative estimate of drug-likeness (QED) is 0.702. The van der Waals surface area contributed by atoms with Gasteiger partial charge in [-0.05, 0) is 43.3 Å². The van der Waals surface area contributed by atoms with E-state index >= 15 is 0 Å². The molecule has 1 atom stereocenters. The molecule has 0 aliphatic carbocycles. The molecule has 1 unspecified atom stereocenters. The highest BCUT2D eigenvalue weighted by atomic mass is 32.2. The van der Waals surface area contributed by atoms with E-state index in [1.54, 1.807) is 17.0 Å². The van der Waals surface area contributed by atoms with Crippen molar-refractivity contribution in [2.45, 2.75) is 23.7 Å². The van der Waals surface area contributed by atoms with E-state index in [1.165, 1.54) is 12.1 Å². The van der Waals surface area contributed by atoms with Gasteiger partial charge >= 0.3 is 0 Å². The molecule has 1 aliphatic heterocycles. The van der Waals surface area contributed by atoms with E-state index in [4.69, 9.17) is 9.47 Å². The van der Waals surface area contributed by atoms with Gasteiger partial charge in [-0.2, -0.15) is 8.78 Å². The summed E-state index contributed by atoms with van der Waals surface area (Å²) >= 11 is 0.460. The van der Waals surface area contributed by atoms with Crippen LogP contribution in [-0.2, 0) is 0 Å². The summed E-state index contributed by atoms with van der Waals surface area (Å²) < 4.78 is 36.4. The van der Waals surface area contributed by atoms with Crippen molar-refractivity contribution < 1.29 is 23.0 Å².